The second kappa shape index (κ2) is 4.92. The van der Waals surface area contributed by atoms with Crippen molar-refractivity contribution in [3.8, 4) is 5.75 Å². The lowest BCUT2D eigenvalue weighted by Gasteiger charge is -2.26. The summed E-state index contributed by atoms with van der Waals surface area (Å²) in [7, 11) is 0. The van der Waals surface area contributed by atoms with Crippen molar-refractivity contribution < 1.29 is 18.3 Å². The van der Waals surface area contributed by atoms with Gasteiger partial charge in [0.2, 0.25) is 5.78 Å². The SMILES string of the molecule is O=C(c1ccc(F)cc1F)C1CNc2ccccc2O1. The number of carbonyl (C=O) groups excluding carboxylic acids is 1. The highest BCUT2D eigenvalue weighted by molar-refractivity contribution is 6.00. The van der Waals surface area contributed by atoms with Crippen LogP contribution in [0.15, 0.2) is 42.5 Å². The molecule has 0 fully saturated rings. The van der Waals surface area contributed by atoms with E-state index in [1.807, 2.05) is 12.1 Å². The summed E-state index contributed by atoms with van der Waals surface area (Å²) in [6, 6.07) is 10.1. The van der Waals surface area contributed by atoms with Gasteiger partial charge in [0.15, 0.2) is 6.10 Å². The maximum absolute atomic E-state index is 13.6. The predicted octanol–water partition coefficient (Wildman–Crippen LogP) is 3.02. The largest absolute Gasteiger partial charge is 0.478 e. The average Bonchev–Trinajstić information content (AvgIpc) is 2.46. The van der Waals surface area contributed by atoms with E-state index in [9.17, 15) is 13.6 Å². The van der Waals surface area contributed by atoms with Gasteiger partial charge in [-0.3, -0.25) is 4.79 Å². The van der Waals surface area contributed by atoms with E-state index in [-0.39, 0.29) is 12.1 Å². The van der Waals surface area contributed by atoms with E-state index in [1.165, 1.54) is 0 Å². The molecular formula is C15H11F2NO2. The Morgan fingerprint density at radius 1 is 1.20 bits per heavy atom. The van der Waals surface area contributed by atoms with Crippen LogP contribution in [0.2, 0.25) is 0 Å². The third kappa shape index (κ3) is 2.22. The number of ether oxygens (including phenoxy) is 1. The first kappa shape index (κ1) is 12.6. The second-order valence-corrected chi connectivity index (χ2v) is 4.47. The lowest BCUT2D eigenvalue weighted by atomic mass is 10.0. The van der Waals surface area contributed by atoms with E-state index in [1.54, 1.807) is 12.1 Å². The number of rotatable bonds is 2. The summed E-state index contributed by atoms with van der Waals surface area (Å²) < 4.78 is 32.0. The first-order valence-corrected chi connectivity index (χ1v) is 6.14. The number of benzene rings is 2. The summed E-state index contributed by atoms with van der Waals surface area (Å²) in [5.41, 5.74) is 0.619. The topological polar surface area (TPSA) is 38.3 Å². The third-order valence-corrected chi connectivity index (χ3v) is 3.12. The summed E-state index contributed by atoms with van der Waals surface area (Å²) in [6.45, 7) is 0.243. The molecule has 1 aliphatic heterocycles. The lowest BCUT2D eigenvalue weighted by Crippen LogP contribution is -2.38. The first-order chi connectivity index (χ1) is 9.65. The molecule has 0 saturated carbocycles. The van der Waals surface area contributed by atoms with Crippen LogP contribution in [0.1, 0.15) is 10.4 Å². The zero-order valence-electron chi connectivity index (χ0n) is 10.4. The molecule has 0 radical (unpaired) electrons. The maximum Gasteiger partial charge on any atom is 0.208 e. The molecule has 3 nitrogen and oxygen atoms in total. The number of hydrogen-bond acceptors (Lipinski definition) is 3. The average molecular weight is 275 g/mol. The summed E-state index contributed by atoms with van der Waals surface area (Å²) >= 11 is 0. The highest BCUT2D eigenvalue weighted by Gasteiger charge is 2.28. The molecule has 3 rings (SSSR count). The van der Waals surface area contributed by atoms with Gasteiger partial charge in [-0.2, -0.15) is 0 Å². The van der Waals surface area contributed by atoms with E-state index in [4.69, 9.17) is 4.74 Å². The van der Waals surface area contributed by atoms with Crippen molar-refractivity contribution in [1.29, 1.82) is 0 Å². The summed E-state index contributed by atoms with van der Waals surface area (Å²) in [5, 5.41) is 3.05. The Morgan fingerprint density at radius 2 is 2.00 bits per heavy atom. The number of Topliss-reactive ketones (excluding diaryl/α,β-unsaturated/α-hetero) is 1. The van der Waals surface area contributed by atoms with Crippen LogP contribution in [0.3, 0.4) is 0 Å². The Bertz CT molecular complexity index is 673. The van der Waals surface area contributed by atoms with E-state index >= 15 is 0 Å². The normalized spacial score (nSPS) is 16.8. The van der Waals surface area contributed by atoms with Crippen molar-refractivity contribution in [2.45, 2.75) is 6.10 Å². The highest BCUT2D eigenvalue weighted by atomic mass is 19.1. The number of para-hydroxylation sites is 2. The molecule has 1 heterocycles. The molecule has 0 aliphatic carbocycles. The molecule has 0 amide bonds. The van der Waals surface area contributed by atoms with E-state index in [2.05, 4.69) is 5.32 Å². The van der Waals surface area contributed by atoms with Crippen LogP contribution in [0.5, 0.6) is 5.75 Å². The zero-order chi connectivity index (χ0) is 14.1. The monoisotopic (exact) mass is 275 g/mol. The lowest BCUT2D eigenvalue weighted by molar-refractivity contribution is 0.0797. The Hall–Kier alpha value is -2.43. The molecule has 2 aromatic carbocycles. The molecule has 0 bridgehead atoms. The molecule has 5 heteroatoms. The van der Waals surface area contributed by atoms with Gasteiger partial charge in [-0.1, -0.05) is 12.1 Å². The number of ketones is 1. The van der Waals surface area contributed by atoms with Crippen LogP contribution in [0.4, 0.5) is 14.5 Å². The van der Waals surface area contributed by atoms with Gasteiger partial charge in [-0.05, 0) is 24.3 Å². The molecule has 0 saturated heterocycles. The Balaban J connectivity index is 1.86. The molecule has 1 aliphatic rings. The number of fused-ring (bicyclic) bond motifs is 1. The number of nitrogens with one attached hydrogen (secondary N) is 1. The number of halogens is 2. The molecular weight excluding hydrogens is 264 g/mol. The van der Waals surface area contributed by atoms with Crippen LogP contribution in [-0.4, -0.2) is 18.4 Å². The van der Waals surface area contributed by atoms with Crippen molar-refractivity contribution in [3.63, 3.8) is 0 Å². The number of hydrogen-bond donors (Lipinski definition) is 1. The minimum Gasteiger partial charge on any atom is -0.478 e. The second-order valence-electron chi connectivity index (χ2n) is 4.47. The maximum atomic E-state index is 13.6. The molecule has 1 atom stereocenters. The van der Waals surface area contributed by atoms with Crippen molar-refractivity contribution >= 4 is 11.5 Å². The minimum absolute atomic E-state index is 0.169. The number of anilines is 1. The fraction of sp³-hybridized carbons (Fsp3) is 0.133. The van der Waals surface area contributed by atoms with Crippen molar-refractivity contribution in [1.82, 2.24) is 0 Å². The van der Waals surface area contributed by atoms with Crippen molar-refractivity contribution in [2.75, 3.05) is 11.9 Å². The Kier molecular flexibility index (Phi) is 3.10. The van der Waals surface area contributed by atoms with E-state index in [0.29, 0.717) is 11.8 Å². The molecule has 1 N–H and O–H groups in total. The van der Waals surface area contributed by atoms with Gasteiger partial charge < -0.3 is 10.1 Å². The van der Waals surface area contributed by atoms with Gasteiger partial charge in [0.05, 0.1) is 17.8 Å². The van der Waals surface area contributed by atoms with Crippen LogP contribution in [0.25, 0.3) is 0 Å². The highest BCUT2D eigenvalue weighted by Crippen LogP contribution is 2.29. The molecule has 1 unspecified atom stereocenters. The molecule has 20 heavy (non-hydrogen) atoms. The van der Waals surface area contributed by atoms with Crippen molar-refractivity contribution in [3.05, 3.63) is 59.7 Å². The van der Waals surface area contributed by atoms with Crippen molar-refractivity contribution in [2.24, 2.45) is 0 Å². The van der Waals surface area contributed by atoms with Gasteiger partial charge in [0.25, 0.3) is 0 Å². The first-order valence-electron chi connectivity index (χ1n) is 6.14. The van der Waals surface area contributed by atoms with E-state index < -0.39 is 23.5 Å². The fourth-order valence-corrected chi connectivity index (χ4v) is 2.12. The number of carbonyl (C=O) groups is 1. The quantitative estimate of drug-likeness (QED) is 0.856. The summed E-state index contributed by atoms with van der Waals surface area (Å²) in [4.78, 5) is 12.2. The van der Waals surface area contributed by atoms with Crippen LogP contribution < -0.4 is 10.1 Å². The predicted molar refractivity (Wildman–Crippen MR) is 70.0 cm³/mol. The molecule has 0 aromatic heterocycles. The van der Waals surface area contributed by atoms with Crippen LogP contribution in [-0.2, 0) is 0 Å². The van der Waals surface area contributed by atoms with Gasteiger partial charge in [-0.25, -0.2) is 8.78 Å². The zero-order valence-corrected chi connectivity index (χ0v) is 10.4. The van der Waals surface area contributed by atoms with Gasteiger partial charge in [0.1, 0.15) is 17.4 Å². The minimum atomic E-state index is -0.877. The van der Waals surface area contributed by atoms with E-state index in [0.717, 1.165) is 17.8 Å². The summed E-state index contributed by atoms with van der Waals surface area (Å²) in [5.74, 6) is -1.56. The van der Waals surface area contributed by atoms with Gasteiger partial charge in [0, 0.05) is 6.07 Å². The van der Waals surface area contributed by atoms with Gasteiger partial charge in [-0.15, -0.1) is 0 Å². The smallest absolute Gasteiger partial charge is 0.208 e. The molecule has 102 valence electrons. The third-order valence-electron chi connectivity index (χ3n) is 3.12. The standard InChI is InChI=1S/C15H11F2NO2/c16-9-5-6-10(11(17)7-9)15(19)14-8-18-12-3-1-2-4-13(12)20-14/h1-7,14,18H,8H2. The molecule has 0 spiro atoms. The van der Waals surface area contributed by atoms with Crippen LogP contribution >= 0.6 is 0 Å². The molecule has 2 aromatic rings. The summed E-state index contributed by atoms with van der Waals surface area (Å²) in [6.07, 6.45) is -0.829. The fourth-order valence-electron chi connectivity index (χ4n) is 2.12. The van der Waals surface area contributed by atoms with Crippen LogP contribution in [0, 0.1) is 11.6 Å². The Morgan fingerprint density at radius 3 is 2.80 bits per heavy atom. The Labute approximate surface area is 114 Å². The van der Waals surface area contributed by atoms with Gasteiger partial charge >= 0.3 is 0 Å².